The van der Waals surface area contributed by atoms with Crippen LogP contribution in [-0.2, 0) is 16.3 Å². The highest BCUT2D eigenvalue weighted by Crippen LogP contribution is 2.36. The number of rotatable bonds is 7. The predicted octanol–water partition coefficient (Wildman–Crippen LogP) is 9.67. The van der Waals surface area contributed by atoms with Gasteiger partial charge in [0.15, 0.2) is 14.7 Å². The van der Waals surface area contributed by atoms with Gasteiger partial charge in [-0.1, -0.05) is 32.9 Å². The van der Waals surface area contributed by atoms with E-state index in [1.54, 1.807) is 12.1 Å². The lowest BCUT2D eigenvalue weighted by atomic mass is 9.87. The molecule has 0 amide bonds. The van der Waals surface area contributed by atoms with Crippen LogP contribution < -0.4 is 14.2 Å². The smallest absolute Gasteiger partial charge is 0.457 e. The molecule has 0 bridgehead atoms. The monoisotopic (exact) mass is 579 g/mol. The van der Waals surface area contributed by atoms with Crippen LogP contribution in [0.4, 0.5) is 26.3 Å². The van der Waals surface area contributed by atoms with Gasteiger partial charge < -0.3 is 14.2 Å². The molecule has 0 aliphatic carbocycles. The molecule has 0 aromatic heterocycles. The first kappa shape index (κ1) is 29.2. The third-order valence-electron chi connectivity index (χ3n) is 5.60. The molecule has 0 radical (unpaired) electrons. The van der Waals surface area contributed by atoms with Crippen LogP contribution in [0.15, 0.2) is 112 Å². The summed E-state index contributed by atoms with van der Waals surface area (Å²) in [5.74, 6) is 0.462. The topological polar surface area (TPSA) is 27.7 Å². The zero-order valence-electron chi connectivity index (χ0n) is 21.6. The molecule has 0 atom stereocenters. The average molecular weight is 580 g/mol. The molecule has 0 aliphatic rings. The van der Waals surface area contributed by atoms with Crippen LogP contribution in [-0.4, -0.2) is 12.7 Å². The summed E-state index contributed by atoms with van der Waals surface area (Å²) < 4.78 is 89.7. The van der Waals surface area contributed by atoms with Crippen molar-refractivity contribution in [2.45, 2.75) is 53.6 Å². The Hall–Kier alpha value is -3.79. The van der Waals surface area contributed by atoms with E-state index < -0.39 is 23.6 Å². The lowest BCUT2D eigenvalue weighted by Gasteiger charge is -2.19. The van der Waals surface area contributed by atoms with Crippen molar-refractivity contribution in [2.24, 2.45) is 0 Å². The number of benzene rings is 4. The SMILES string of the molecule is CC(C)(C)c1ccc(Oc2ccc([S+](c3ccc(OC(F)(F)F)cc3)c3ccc(OC(F)(F)F)cc3)cc2)cc1. The second-order valence-corrected chi connectivity index (χ2v) is 11.7. The molecule has 10 heteroatoms. The standard InChI is InChI=1S/C30H25F6O3S/c1-28(2,3)20-4-6-21(7-5-20)37-22-8-14-25(15-9-22)40(26-16-10-23(11-17-26)38-29(31,32)33)27-18-12-24(13-19-27)39-30(34,35)36/h4-19H,1-3H3/q+1. The Morgan fingerprint density at radius 1 is 0.450 bits per heavy atom. The minimum atomic E-state index is -4.83. The van der Waals surface area contributed by atoms with Gasteiger partial charge in [0.2, 0.25) is 0 Å². The van der Waals surface area contributed by atoms with Crippen LogP contribution in [0.1, 0.15) is 26.3 Å². The van der Waals surface area contributed by atoms with Crippen LogP contribution in [0.2, 0.25) is 0 Å². The third kappa shape index (κ3) is 8.11. The highest BCUT2D eigenvalue weighted by Gasteiger charge is 2.34. The normalized spacial score (nSPS) is 12.3. The molecule has 3 nitrogen and oxygen atoms in total. The number of hydrogen-bond acceptors (Lipinski definition) is 3. The Labute approximate surface area is 230 Å². The van der Waals surface area contributed by atoms with Crippen molar-refractivity contribution in [3.05, 3.63) is 103 Å². The van der Waals surface area contributed by atoms with E-state index >= 15 is 0 Å². The third-order valence-corrected chi connectivity index (χ3v) is 7.83. The van der Waals surface area contributed by atoms with Gasteiger partial charge in [-0.15, -0.1) is 26.3 Å². The molecule has 210 valence electrons. The fourth-order valence-electron chi connectivity index (χ4n) is 3.77. The molecule has 0 unspecified atom stereocenters. The molecule has 0 aliphatic heterocycles. The Morgan fingerprint density at radius 3 is 1.05 bits per heavy atom. The second kappa shape index (κ2) is 11.4. The summed E-state index contributed by atoms with van der Waals surface area (Å²) in [6, 6.07) is 25.7. The van der Waals surface area contributed by atoms with Gasteiger partial charge in [-0.2, -0.15) is 0 Å². The van der Waals surface area contributed by atoms with Gasteiger partial charge in [-0.25, -0.2) is 0 Å². The van der Waals surface area contributed by atoms with Crippen LogP contribution in [0.5, 0.6) is 23.0 Å². The van der Waals surface area contributed by atoms with Gasteiger partial charge in [0.25, 0.3) is 0 Å². The molecule has 0 N–H and O–H groups in total. The highest BCUT2D eigenvalue weighted by atomic mass is 32.2. The lowest BCUT2D eigenvalue weighted by Crippen LogP contribution is -2.17. The van der Waals surface area contributed by atoms with E-state index in [1.165, 1.54) is 48.5 Å². The first-order valence-corrected chi connectivity index (χ1v) is 13.2. The number of alkyl halides is 6. The fraction of sp³-hybridized carbons (Fsp3) is 0.200. The van der Waals surface area contributed by atoms with Crippen molar-refractivity contribution < 1.29 is 40.6 Å². The minimum Gasteiger partial charge on any atom is -0.457 e. The van der Waals surface area contributed by atoms with Gasteiger partial charge in [-0.05, 0) is 95.9 Å². The zero-order valence-corrected chi connectivity index (χ0v) is 22.5. The lowest BCUT2D eigenvalue weighted by molar-refractivity contribution is -0.275. The van der Waals surface area contributed by atoms with Gasteiger partial charge in [0.05, 0.1) is 10.9 Å². The van der Waals surface area contributed by atoms with Crippen LogP contribution in [0.3, 0.4) is 0 Å². The van der Waals surface area contributed by atoms with E-state index in [0.29, 0.717) is 21.3 Å². The molecular weight excluding hydrogens is 554 g/mol. The summed E-state index contributed by atoms with van der Waals surface area (Å²) in [5, 5.41) is 0. The molecule has 0 heterocycles. The predicted molar refractivity (Wildman–Crippen MR) is 140 cm³/mol. The van der Waals surface area contributed by atoms with Gasteiger partial charge in [-0.3, -0.25) is 0 Å². The average Bonchev–Trinajstić information content (AvgIpc) is 2.85. The van der Waals surface area contributed by atoms with Crippen molar-refractivity contribution >= 4 is 10.9 Å². The zero-order chi connectivity index (χ0) is 29.1. The maximum Gasteiger partial charge on any atom is 0.573 e. The second-order valence-electron chi connectivity index (χ2n) is 9.69. The molecule has 0 spiro atoms. The molecule has 0 fully saturated rings. The summed E-state index contributed by atoms with van der Waals surface area (Å²) in [6.45, 7) is 6.35. The van der Waals surface area contributed by atoms with Gasteiger partial charge in [0.1, 0.15) is 23.0 Å². The Kier molecular flexibility index (Phi) is 8.30. The van der Waals surface area contributed by atoms with Crippen molar-refractivity contribution in [2.75, 3.05) is 0 Å². The molecule has 40 heavy (non-hydrogen) atoms. The highest BCUT2D eigenvalue weighted by molar-refractivity contribution is 7.97. The summed E-state index contributed by atoms with van der Waals surface area (Å²) in [5.41, 5.74) is 1.17. The largest absolute Gasteiger partial charge is 0.573 e. The van der Waals surface area contributed by atoms with Gasteiger partial charge in [0, 0.05) is 0 Å². The van der Waals surface area contributed by atoms with E-state index in [9.17, 15) is 26.3 Å². The van der Waals surface area contributed by atoms with Crippen molar-refractivity contribution in [1.29, 1.82) is 0 Å². The maximum absolute atomic E-state index is 12.6. The van der Waals surface area contributed by atoms with E-state index in [4.69, 9.17) is 4.74 Å². The number of hydrogen-bond donors (Lipinski definition) is 0. The molecule has 4 rings (SSSR count). The Balaban J connectivity index is 1.62. The molecule has 0 saturated heterocycles. The van der Waals surface area contributed by atoms with E-state index in [0.717, 1.165) is 10.5 Å². The summed E-state index contributed by atoms with van der Waals surface area (Å²) in [7, 11) is -0.874. The van der Waals surface area contributed by atoms with Crippen molar-refractivity contribution in [3.63, 3.8) is 0 Å². The maximum atomic E-state index is 12.6. The number of ether oxygens (including phenoxy) is 3. The van der Waals surface area contributed by atoms with E-state index in [2.05, 4.69) is 30.2 Å². The summed E-state index contributed by atoms with van der Waals surface area (Å²) in [4.78, 5) is 2.03. The first-order valence-electron chi connectivity index (χ1n) is 12.0. The quantitative estimate of drug-likeness (QED) is 0.161. The first-order chi connectivity index (χ1) is 18.7. The van der Waals surface area contributed by atoms with Crippen LogP contribution in [0, 0.1) is 0 Å². The summed E-state index contributed by atoms with van der Waals surface area (Å²) >= 11 is 0. The van der Waals surface area contributed by atoms with Crippen molar-refractivity contribution in [3.8, 4) is 23.0 Å². The van der Waals surface area contributed by atoms with E-state index in [-0.39, 0.29) is 16.9 Å². The Bertz CT molecular complexity index is 1330. The van der Waals surface area contributed by atoms with E-state index in [1.807, 2.05) is 36.4 Å². The fourth-order valence-corrected chi connectivity index (χ4v) is 5.81. The van der Waals surface area contributed by atoms with Crippen molar-refractivity contribution in [1.82, 2.24) is 0 Å². The summed E-state index contributed by atoms with van der Waals surface area (Å²) in [6.07, 6.45) is -9.67. The van der Waals surface area contributed by atoms with Crippen LogP contribution >= 0.6 is 0 Å². The minimum absolute atomic E-state index is 0.00423. The molecule has 4 aromatic rings. The number of halogens is 6. The molecule has 0 saturated carbocycles. The Morgan fingerprint density at radius 2 is 0.750 bits per heavy atom. The van der Waals surface area contributed by atoms with Crippen LogP contribution in [0.25, 0.3) is 0 Å². The molecule has 4 aromatic carbocycles. The van der Waals surface area contributed by atoms with Gasteiger partial charge >= 0.3 is 12.7 Å². The molecular formula is C30H25F6O3S+.